The first-order valence-electron chi connectivity index (χ1n) is 10.3. The van der Waals surface area contributed by atoms with Gasteiger partial charge in [0.1, 0.15) is 18.6 Å². The zero-order chi connectivity index (χ0) is 21.8. The molecule has 0 radical (unpaired) electrons. The first-order chi connectivity index (χ1) is 15.1. The molecule has 3 aromatic rings. The minimum Gasteiger partial charge on any atom is -0.493 e. The van der Waals surface area contributed by atoms with Crippen LogP contribution in [0.1, 0.15) is 16.7 Å². The van der Waals surface area contributed by atoms with E-state index in [0.29, 0.717) is 30.3 Å². The molecule has 0 amide bonds. The molecule has 6 heteroatoms. The maximum atomic E-state index is 9.95. The molecule has 1 aromatic heterocycles. The summed E-state index contributed by atoms with van der Waals surface area (Å²) in [6.45, 7) is 5.05. The van der Waals surface area contributed by atoms with E-state index in [2.05, 4.69) is 47.1 Å². The first kappa shape index (κ1) is 20.7. The standard InChI is InChI=1S/C25H25N3O3/c1-17-4-5-19-13-20(25(27-22(19)12-17)28-8-10-31-11-9-28)14-21(16-26)18-6-7-23(29-2)24(15-18)30-3/h4-7,12-15H,8-11H2,1-3H3/p+1/b21-14-. The van der Waals surface area contributed by atoms with Gasteiger partial charge in [-0.3, -0.25) is 4.90 Å². The average Bonchev–Trinajstić information content (AvgIpc) is 2.82. The van der Waals surface area contributed by atoms with Gasteiger partial charge < -0.3 is 14.2 Å². The van der Waals surface area contributed by atoms with Gasteiger partial charge in [0, 0.05) is 5.39 Å². The van der Waals surface area contributed by atoms with Gasteiger partial charge in [0.05, 0.1) is 44.6 Å². The van der Waals surface area contributed by atoms with Crippen LogP contribution in [0.2, 0.25) is 0 Å². The number of allylic oxidation sites excluding steroid dienone is 1. The van der Waals surface area contributed by atoms with Gasteiger partial charge in [-0.2, -0.15) is 5.26 Å². The number of nitrogens with one attached hydrogen (secondary N) is 1. The quantitative estimate of drug-likeness (QED) is 0.591. The van der Waals surface area contributed by atoms with Crippen molar-refractivity contribution >= 4 is 28.4 Å². The number of H-pyrrole nitrogens is 1. The highest BCUT2D eigenvalue weighted by Gasteiger charge is 2.24. The fourth-order valence-corrected chi connectivity index (χ4v) is 3.84. The fraction of sp³-hybridized carbons (Fsp3) is 0.280. The van der Waals surface area contributed by atoms with E-state index in [1.54, 1.807) is 14.2 Å². The lowest BCUT2D eigenvalue weighted by Crippen LogP contribution is -2.40. The summed E-state index contributed by atoms with van der Waals surface area (Å²) in [6.07, 6.45) is 1.93. The van der Waals surface area contributed by atoms with E-state index < -0.39 is 0 Å². The summed E-state index contributed by atoms with van der Waals surface area (Å²) >= 11 is 0. The topological polar surface area (TPSA) is 68.9 Å². The van der Waals surface area contributed by atoms with Crippen molar-refractivity contribution in [3.63, 3.8) is 0 Å². The largest absolute Gasteiger partial charge is 0.493 e. The number of benzene rings is 2. The van der Waals surface area contributed by atoms with Crippen molar-refractivity contribution in [1.82, 2.24) is 0 Å². The normalized spacial score (nSPS) is 14.4. The van der Waals surface area contributed by atoms with Gasteiger partial charge in [0.25, 0.3) is 5.82 Å². The summed E-state index contributed by atoms with van der Waals surface area (Å²) < 4.78 is 16.3. The fourth-order valence-electron chi connectivity index (χ4n) is 3.84. The number of pyridine rings is 1. The maximum Gasteiger partial charge on any atom is 0.282 e. The number of hydrogen-bond donors (Lipinski definition) is 0. The van der Waals surface area contributed by atoms with Crippen molar-refractivity contribution in [1.29, 1.82) is 5.26 Å². The number of methoxy groups -OCH3 is 2. The SMILES string of the molecule is COc1ccc(/C(C#N)=C\c2cc3ccc(C)cc3[nH+]c2N2CCOCC2)cc1OC. The molecule has 0 bridgehead atoms. The van der Waals surface area contributed by atoms with E-state index in [0.717, 1.165) is 40.9 Å². The number of fused-ring (bicyclic) bond motifs is 1. The van der Waals surface area contributed by atoms with Crippen LogP contribution in [-0.4, -0.2) is 40.5 Å². The van der Waals surface area contributed by atoms with Crippen LogP contribution in [0.5, 0.6) is 11.5 Å². The lowest BCUT2D eigenvalue weighted by atomic mass is 10.0. The van der Waals surface area contributed by atoms with Crippen molar-refractivity contribution in [2.24, 2.45) is 0 Å². The Bertz CT molecular complexity index is 1170. The Labute approximate surface area is 182 Å². The van der Waals surface area contributed by atoms with E-state index >= 15 is 0 Å². The number of anilines is 1. The number of aromatic amines is 1. The number of aromatic nitrogens is 1. The predicted molar refractivity (Wildman–Crippen MR) is 121 cm³/mol. The number of rotatable bonds is 5. The van der Waals surface area contributed by atoms with Crippen LogP contribution in [-0.2, 0) is 4.74 Å². The molecule has 31 heavy (non-hydrogen) atoms. The van der Waals surface area contributed by atoms with E-state index in [-0.39, 0.29) is 0 Å². The van der Waals surface area contributed by atoms with Gasteiger partial charge in [-0.25, -0.2) is 4.98 Å². The van der Waals surface area contributed by atoms with Crippen LogP contribution in [0.15, 0.2) is 42.5 Å². The average molecular weight is 417 g/mol. The van der Waals surface area contributed by atoms with E-state index in [9.17, 15) is 5.26 Å². The molecule has 4 rings (SSSR count). The third kappa shape index (κ3) is 4.32. The van der Waals surface area contributed by atoms with Crippen LogP contribution >= 0.6 is 0 Å². The summed E-state index contributed by atoms with van der Waals surface area (Å²) in [5.74, 6) is 2.22. The van der Waals surface area contributed by atoms with Gasteiger partial charge in [0.15, 0.2) is 11.5 Å². The lowest BCUT2D eigenvalue weighted by molar-refractivity contribution is -0.331. The van der Waals surface area contributed by atoms with Crippen molar-refractivity contribution in [3.05, 3.63) is 59.2 Å². The zero-order valence-electron chi connectivity index (χ0n) is 18.1. The Hall–Kier alpha value is -3.56. The Morgan fingerprint density at radius 3 is 2.55 bits per heavy atom. The second-order valence-corrected chi connectivity index (χ2v) is 7.50. The molecule has 2 aromatic carbocycles. The molecule has 1 saturated heterocycles. The molecule has 1 aliphatic heterocycles. The number of nitrogens with zero attached hydrogens (tertiary/aromatic N) is 2. The van der Waals surface area contributed by atoms with Gasteiger partial charge in [-0.05, 0) is 54.5 Å². The highest BCUT2D eigenvalue weighted by molar-refractivity contribution is 5.93. The van der Waals surface area contributed by atoms with Crippen LogP contribution in [0.4, 0.5) is 5.82 Å². The molecular formula is C25H26N3O3+. The smallest absolute Gasteiger partial charge is 0.282 e. The molecule has 0 spiro atoms. The third-order valence-corrected chi connectivity index (χ3v) is 5.49. The number of aryl methyl sites for hydroxylation is 1. The maximum absolute atomic E-state index is 9.95. The van der Waals surface area contributed by atoms with E-state index in [1.807, 2.05) is 24.3 Å². The summed E-state index contributed by atoms with van der Waals surface area (Å²) in [4.78, 5) is 5.88. The number of ether oxygens (including phenoxy) is 3. The van der Waals surface area contributed by atoms with Gasteiger partial charge in [-0.1, -0.05) is 12.1 Å². The van der Waals surface area contributed by atoms with Gasteiger partial charge in [0.2, 0.25) is 0 Å². The van der Waals surface area contributed by atoms with Gasteiger partial charge >= 0.3 is 0 Å². The van der Waals surface area contributed by atoms with Crippen LogP contribution in [0.25, 0.3) is 22.6 Å². The van der Waals surface area contributed by atoms with Crippen molar-refractivity contribution in [3.8, 4) is 17.6 Å². The molecule has 1 aliphatic rings. The summed E-state index contributed by atoms with van der Waals surface area (Å²) in [7, 11) is 3.19. The van der Waals surface area contributed by atoms with E-state index in [1.165, 1.54) is 5.56 Å². The molecule has 0 atom stereocenters. The summed E-state index contributed by atoms with van der Waals surface area (Å²) in [6, 6.07) is 16.3. The molecular weight excluding hydrogens is 390 g/mol. The lowest BCUT2D eigenvalue weighted by Gasteiger charge is -2.23. The van der Waals surface area contributed by atoms with Crippen LogP contribution in [0, 0.1) is 18.3 Å². The third-order valence-electron chi connectivity index (χ3n) is 5.49. The first-order valence-corrected chi connectivity index (χ1v) is 10.3. The minimum atomic E-state index is 0.551. The van der Waals surface area contributed by atoms with Crippen LogP contribution in [0.3, 0.4) is 0 Å². The molecule has 158 valence electrons. The van der Waals surface area contributed by atoms with Crippen molar-refractivity contribution in [2.75, 3.05) is 45.4 Å². The highest BCUT2D eigenvalue weighted by Crippen LogP contribution is 2.32. The monoisotopic (exact) mass is 416 g/mol. The van der Waals surface area contributed by atoms with E-state index in [4.69, 9.17) is 14.2 Å². The predicted octanol–water partition coefficient (Wildman–Crippen LogP) is 3.88. The van der Waals surface area contributed by atoms with Crippen LogP contribution < -0.4 is 19.4 Å². The minimum absolute atomic E-state index is 0.551. The summed E-state index contributed by atoms with van der Waals surface area (Å²) in [5.41, 5.74) is 4.56. The molecule has 6 nitrogen and oxygen atoms in total. The Morgan fingerprint density at radius 1 is 1.06 bits per heavy atom. The van der Waals surface area contributed by atoms with Crippen molar-refractivity contribution < 1.29 is 19.2 Å². The number of hydrogen-bond acceptors (Lipinski definition) is 5. The second-order valence-electron chi connectivity index (χ2n) is 7.50. The zero-order valence-corrected chi connectivity index (χ0v) is 18.1. The molecule has 0 unspecified atom stereocenters. The Balaban J connectivity index is 1.85. The summed E-state index contributed by atoms with van der Waals surface area (Å²) in [5, 5.41) is 11.0. The van der Waals surface area contributed by atoms with Gasteiger partial charge in [-0.15, -0.1) is 0 Å². The molecule has 1 fully saturated rings. The second kappa shape index (κ2) is 9.07. The molecule has 2 heterocycles. The molecule has 0 saturated carbocycles. The van der Waals surface area contributed by atoms with Crippen molar-refractivity contribution in [2.45, 2.75) is 6.92 Å². The Kier molecular flexibility index (Phi) is 6.06. The Morgan fingerprint density at radius 2 is 1.84 bits per heavy atom. The highest BCUT2D eigenvalue weighted by atomic mass is 16.5. The molecule has 0 aliphatic carbocycles. The number of nitriles is 1. The number of morpholine rings is 1. The molecule has 1 N–H and O–H groups in total.